The molecule has 0 aromatic carbocycles. The number of unbranched alkanes of at least 4 members (excludes halogenated alkanes) is 7. The van der Waals surface area contributed by atoms with E-state index in [9.17, 15) is 5.11 Å². The van der Waals surface area contributed by atoms with Crippen LogP contribution in [0.3, 0.4) is 0 Å². The van der Waals surface area contributed by atoms with Gasteiger partial charge in [-0.25, -0.2) is 0 Å². The highest BCUT2D eigenvalue weighted by Gasteiger charge is 2.07. The van der Waals surface area contributed by atoms with Gasteiger partial charge < -0.3 is 5.11 Å². The first-order valence-electron chi connectivity index (χ1n) is 7.83. The molecule has 108 valence electrons. The van der Waals surface area contributed by atoms with Gasteiger partial charge in [-0.15, -0.1) is 0 Å². The molecule has 0 aliphatic rings. The third kappa shape index (κ3) is 7.31. The second-order valence-corrected chi connectivity index (χ2v) is 5.57. The molecule has 1 rings (SSSR count). The maximum atomic E-state index is 10.1. The van der Waals surface area contributed by atoms with E-state index < -0.39 is 0 Å². The largest absolute Gasteiger partial charge is 0.388 e. The summed E-state index contributed by atoms with van der Waals surface area (Å²) in [6, 6.07) is 2.03. The van der Waals surface area contributed by atoms with Crippen LogP contribution in [0.2, 0.25) is 0 Å². The summed E-state index contributed by atoms with van der Waals surface area (Å²) in [6.07, 6.45) is 14.6. The number of aliphatic hydroxyl groups is 1. The third-order valence-corrected chi connectivity index (χ3v) is 3.61. The Kier molecular flexibility index (Phi) is 8.48. The van der Waals surface area contributed by atoms with Gasteiger partial charge in [0.2, 0.25) is 0 Å². The first-order chi connectivity index (χ1) is 9.24. The van der Waals surface area contributed by atoms with Crippen LogP contribution in [0.4, 0.5) is 0 Å². The van der Waals surface area contributed by atoms with E-state index in [1.54, 1.807) is 6.20 Å². The molecule has 0 saturated carbocycles. The lowest BCUT2D eigenvalue weighted by Gasteiger charge is -2.10. The summed E-state index contributed by atoms with van der Waals surface area (Å²) < 4.78 is 0. The van der Waals surface area contributed by atoms with E-state index in [0.29, 0.717) is 0 Å². The highest BCUT2D eigenvalue weighted by atomic mass is 16.3. The van der Waals surface area contributed by atoms with Gasteiger partial charge in [0.25, 0.3) is 0 Å². The minimum Gasteiger partial charge on any atom is -0.388 e. The summed E-state index contributed by atoms with van der Waals surface area (Å²) in [5.74, 6) is 0. The van der Waals surface area contributed by atoms with Gasteiger partial charge in [0, 0.05) is 12.4 Å². The van der Waals surface area contributed by atoms with E-state index >= 15 is 0 Å². The van der Waals surface area contributed by atoms with Crippen LogP contribution in [0.25, 0.3) is 0 Å². The van der Waals surface area contributed by atoms with E-state index in [2.05, 4.69) is 11.9 Å². The molecular formula is C17H29NO. The zero-order valence-corrected chi connectivity index (χ0v) is 12.6. The number of aliphatic hydroxyl groups excluding tert-OH is 1. The molecule has 0 saturated heterocycles. The van der Waals surface area contributed by atoms with Crippen LogP contribution in [0.5, 0.6) is 0 Å². The maximum absolute atomic E-state index is 10.1. The molecule has 1 aromatic rings. The first-order valence-corrected chi connectivity index (χ1v) is 7.83. The standard InChI is InChI=1S/C17H29NO/c1-3-4-5-6-7-8-9-10-11-17(19)16-12-15(2)13-18-14-16/h12-14,17,19H,3-11H2,1-2H3. The Morgan fingerprint density at radius 1 is 1.00 bits per heavy atom. The van der Waals surface area contributed by atoms with Crippen molar-refractivity contribution in [2.24, 2.45) is 0 Å². The highest BCUT2D eigenvalue weighted by Crippen LogP contribution is 2.20. The molecule has 1 N–H and O–H groups in total. The number of aryl methyl sites for hydroxylation is 1. The lowest BCUT2D eigenvalue weighted by molar-refractivity contribution is 0.163. The summed E-state index contributed by atoms with van der Waals surface area (Å²) in [7, 11) is 0. The summed E-state index contributed by atoms with van der Waals surface area (Å²) in [5, 5.41) is 10.1. The van der Waals surface area contributed by atoms with Crippen molar-refractivity contribution in [1.82, 2.24) is 4.98 Å². The predicted molar refractivity (Wildman–Crippen MR) is 81.2 cm³/mol. The molecule has 1 unspecified atom stereocenters. The summed E-state index contributed by atoms with van der Waals surface area (Å²) in [5.41, 5.74) is 2.08. The molecular weight excluding hydrogens is 234 g/mol. The highest BCUT2D eigenvalue weighted by molar-refractivity contribution is 5.18. The van der Waals surface area contributed by atoms with Crippen molar-refractivity contribution in [3.8, 4) is 0 Å². The number of nitrogens with zero attached hydrogens (tertiary/aromatic N) is 1. The molecule has 0 bridgehead atoms. The number of rotatable bonds is 10. The van der Waals surface area contributed by atoms with Gasteiger partial charge in [-0.2, -0.15) is 0 Å². The van der Waals surface area contributed by atoms with E-state index in [4.69, 9.17) is 0 Å². The van der Waals surface area contributed by atoms with Crippen LogP contribution in [-0.4, -0.2) is 10.1 Å². The Hall–Kier alpha value is -0.890. The average molecular weight is 263 g/mol. The van der Waals surface area contributed by atoms with Crippen molar-refractivity contribution in [2.45, 2.75) is 77.7 Å². The van der Waals surface area contributed by atoms with Gasteiger partial charge in [0.15, 0.2) is 0 Å². The zero-order valence-electron chi connectivity index (χ0n) is 12.6. The van der Waals surface area contributed by atoms with Crippen molar-refractivity contribution in [2.75, 3.05) is 0 Å². The normalized spacial score (nSPS) is 12.6. The molecule has 0 radical (unpaired) electrons. The fraction of sp³-hybridized carbons (Fsp3) is 0.706. The van der Waals surface area contributed by atoms with Crippen LogP contribution in [0.1, 0.15) is 81.9 Å². The molecule has 0 aliphatic carbocycles. The van der Waals surface area contributed by atoms with Gasteiger partial charge in [0.1, 0.15) is 0 Å². The van der Waals surface area contributed by atoms with E-state index in [0.717, 1.165) is 24.0 Å². The van der Waals surface area contributed by atoms with Crippen LogP contribution < -0.4 is 0 Å². The Morgan fingerprint density at radius 3 is 2.26 bits per heavy atom. The molecule has 0 amide bonds. The van der Waals surface area contributed by atoms with E-state index in [1.807, 2.05) is 19.2 Å². The predicted octanol–water partition coefficient (Wildman–Crippen LogP) is 4.95. The van der Waals surface area contributed by atoms with Gasteiger partial charge in [-0.05, 0) is 24.5 Å². The number of hydrogen-bond acceptors (Lipinski definition) is 2. The second-order valence-electron chi connectivity index (χ2n) is 5.57. The van der Waals surface area contributed by atoms with Gasteiger partial charge >= 0.3 is 0 Å². The average Bonchev–Trinajstić information content (AvgIpc) is 2.41. The number of aromatic nitrogens is 1. The van der Waals surface area contributed by atoms with Crippen LogP contribution >= 0.6 is 0 Å². The van der Waals surface area contributed by atoms with Crippen molar-refractivity contribution < 1.29 is 5.11 Å². The van der Waals surface area contributed by atoms with Crippen LogP contribution in [-0.2, 0) is 0 Å². The zero-order chi connectivity index (χ0) is 13.9. The molecule has 1 aromatic heterocycles. The molecule has 0 spiro atoms. The van der Waals surface area contributed by atoms with Crippen LogP contribution in [0, 0.1) is 6.92 Å². The minimum atomic E-state index is -0.340. The topological polar surface area (TPSA) is 33.1 Å². The summed E-state index contributed by atoms with van der Waals surface area (Å²) in [6.45, 7) is 4.26. The molecule has 2 heteroatoms. The van der Waals surface area contributed by atoms with Crippen molar-refractivity contribution in [3.05, 3.63) is 29.6 Å². The Morgan fingerprint density at radius 2 is 1.63 bits per heavy atom. The lowest BCUT2D eigenvalue weighted by atomic mass is 10.0. The molecule has 1 atom stereocenters. The molecule has 0 fully saturated rings. The maximum Gasteiger partial charge on any atom is 0.0805 e. The van der Waals surface area contributed by atoms with Gasteiger partial charge in [0.05, 0.1) is 6.10 Å². The first kappa shape index (κ1) is 16.2. The van der Waals surface area contributed by atoms with Crippen LogP contribution in [0.15, 0.2) is 18.5 Å². The molecule has 2 nitrogen and oxygen atoms in total. The van der Waals surface area contributed by atoms with E-state index in [-0.39, 0.29) is 6.10 Å². The Labute approximate surface area is 118 Å². The monoisotopic (exact) mass is 263 g/mol. The fourth-order valence-corrected chi connectivity index (χ4v) is 2.40. The second kappa shape index (κ2) is 9.96. The summed E-state index contributed by atoms with van der Waals surface area (Å²) >= 11 is 0. The summed E-state index contributed by atoms with van der Waals surface area (Å²) in [4.78, 5) is 4.13. The smallest absolute Gasteiger partial charge is 0.0805 e. The van der Waals surface area contributed by atoms with Gasteiger partial charge in [-0.1, -0.05) is 64.4 Å². The fourth-order valence-electron chi connectivity index (χ4n) is 2.40. The van der Waals surface area contributed by atoms with Gasteiger partial charge in [-0.3, -0.25) is 4.98 Å². The molecule has 0 aliphatic heterocycles. The Balaban J connectivity index is 2.06. The van der Waals surface area contributed by atoms with E-state index in [1.165, 1.54) is 44.9 Å². The number of hydrogen-bond donors (Lipinski definition) is 1. The lowest BCUT2D eigenvalue weighted by Crippen LogP contribution is -1.98. The van der Waals surface area contributed by atoms with Crippen molar-refractivity contribution >= 4 is 0 Å². The quantitative estimate of drug-likeness (QED) is 0.606. The molecule has 1 heterocycles. The SMILES string of the molecule is CCCCCCCCCCC(O)c1cncc(C)c1. The molecule has 19 heavy (non-hydrogen) atoms. The van der Waals surface area contributed by atoms with Crippen molar-refractivity contribution in [3.63, 3.8) is 0 Å². The number of pyridine rings is 1. The van der Waals surface area contributed by atoms with Crippen molar-refractivity contribution in [1.29, 1.82) is 0 Å². The third-order valence-electron chi connectivity index (χ3n) is 3.61. The minimum absolute atomic E-state index is 0.340. The Bertz CT molecular complexity index is 338.